The second-order valence-electron chi connectivity index (χ2n) is 6.29. The number of thiophene rings is 1. The van der Waals surface area contributed by atoms with E-state index in [9.17, 15) is 9.59 Å². The molecule has 2 aromatic rings. The molecule has 3 rings (SSSR count). The summed E-state index contributed by atoms with van der Waals surface area (Å²) >= 11 is 1.30. The molecule has 0 spiro atoms. The highest BCUT2D eigenvalue weighted by Crippen LogP contribution is 2.35. The Hall–Kier alpha value is -2.62. The number of aryl methyl sites for hydroxylation is 1. The van der Waals surface area contributed by atoms with Crippen molar-refractivity contribution in [1.29, 1.82) is 0 Å². The monoisotopic (exact) mass is 382 g/mol. The van der Waals surface area contributed by atoms with E-state index in [2.05, 4.69) is 23.4 Å². The second kappa shape index (κ2) is 8.85. The van der Waals surface area contributed by atoms with Crippen molar-refractivity contribution in [1.82, 2.24) is 4.90 Å². The highest BCUT2D eigenvalue weighted by Gasteiger charge is 2.28. The fourth-order valence-corrected chi connectivity index (χ4v) is 4.23. The zero-order valence-corrected chi connectivity index (χ0v) is 16.1. The van der Waals surface area contributed by atoms with Crippen molar-refractivity contribution in [3.63, 3.8) is 0 Å². The number of nitrogens with zero attached hydrogens (tertiary/aromatic N) is 1. The molecule has 1 atom stereocenters. The summed E-state index contributed by atoms with van der Waals surface area (Å²) in [5.41, 5.74) is 2.93. The van der Waals surface area contributed by atoms with Crippen LogP contribution in [-0.2, 0) is 16.0 Å². The third kappa shape index (κ3) is 4.38. The summed E-state index contributed by atoms with van der Waals surface area (Å²) in [5, 5.41) is 5.10. The summed E-state index contributed by atoms with van der Waals surface area (Å²) in [6.45, 7) is 2.60. The Morgan fingerprint density at radius 1 is 1.37 bits per heavy atom. The summed E-state index contributed by atoms with van der Waals surface area (Å²) in [4.78, 5) is 26.6. The van der Waals surface area contributed by atoms with Gasteiger partial charge in [-0.05, 0) is 42.3 Å². The number of ether oxygens (including phenoxy) is 1. The highest BCUT2D eigenvalue weighted by molar-refractivity contribution is 7.14. The number of hydrogen-bond acceptors (Lipinski definition) is 5. The molecule has 1 aliphatic rings. The van der Waals surface area contributed by atoms with Crippen molar-refractivity contribution in [2.75, 3.05) is 25.0 Å². The fraction of sp³-hybridized carbons (Fsp3) is 0.333. The molecule has 140 valence electrons. The predicted molar refractivity (Wildman–Crippen MR) is 107 cm³/mol. The van der Waals surface area contributed by atoms with Gasteiger partial charge in [-0.2, -0.15) is 0 Å². The van der Waals surface area contributed by atoms with Gasteiger partial charge in [0.05, 0.1) is 25.3 Å². The van der Waals surface area contributed by atoms with Gasteiger partial charge >= 0.3 is 5.97 Å². The van der Waals surface area contributed by atoms with E-state index in [0.717, 1.165) is 12.8 Å². The molecule has 1 N–H and O–H groups in total. The van der Waals surface area contributed by atoms with E-state index in [1.54, 1.807) is 18.4 Å². The molecule has 1 aromatic carbocycles. The molecular formula is C21H22N2O3S. The normalized spacial score (nSPS) is 15.2. The molecule has 0 aliphatic heterocycles. The van der Waals surface area contributed by atoms with Crippen LogP contribution in [-0.4, -0.2) is 36.5 Å². The molecule has 5 nitrogen and oxygen atoms in total. The number of carbonyl (C=O) groups excluding carboxylic acids is 2. The van der Waals surface area contributed by atoms with E-state index in [-0.39, 0.29) is 18.5 Å². The smallest absolute Gasteiger partial charge is 0.341 e. The van der Waals surface area contributed by atoms with Crippen LogP contribution in [0.3, 0.4) is 0 Å². The number of carbonyl (C=O) groups is 2. The van der Waals surface area contributed by atoms with Crippen molar-refractivity contribution in [2.45, 2.75) is 25.8 Å². The molecule has 0 fully saturated rings. The lowest BCUT2D eigenvalue weighted by Gasteiger charge is -2.27. The van der Waals surface area contributed by atoms with Gasteiger partial charge < -0.3 is 10.1 Å². The Kier molecular flexibility index (Phi) is 6.28. The van der Waals surface area contributed by atoms with Crippen molar-refractivity contribution >= 4 is 28.2 Å². The van der Waals surface area contributed by atoms with Gasteiger partial charge in [-0.1, -0.05) is 30.2 Å². The summed E-state index contributed by atoms with van der Waals surface area (Å²) in [6.07, 6.45) is 7.48. The minimum absolute atomic E-state index is 0.135. The van der Waals surface area contributed by atoms with E-state index in [1.807, 2.05) is 17.0 Å². The lowest BCUT2D eigenvalue weighted by atomic mass is 10.1. The predicted octanol–water partition coefficient (Wildman–Crippen LogP) is 3.49. The SMILES string of the molecule is C#CCN(CC(=O)Nc1sccc1C(=O)OCC)[C@H]1CCc2ccccc21. The molecule has 27 heavy (non-hydrogen) atoms. The van der Waals surface area contributed by atoms with Gasteiger partial charge in [0.2, 0.25) is 5.91 Å². The van der Waals surface area contributed by atoms with Crippen LogP contribution in [0.5, 0.6) is 0 Å². The van der Waals surface area contributed by atoms with Crippen LogP contribution in [0.25, 0.3) is 0 Å². The average Bonchev–Trinajstić information content (AvgIpc) is 3.28. The molecule has 6 heteroatoms. The zero-order valence-electron chi connectivity index (χ0n) is 15.2. The largest absolute Gasteiger partial charge is 0.462 e. The van der Waals surface area contributed by atoms with Gasteiger partial charge in [0.1, 0.15) is 5.00 Å². The number of rotatable bonds is 7. The Bertz CT molecular complexity index is 868. The maximum atomic E-state index is 12.6. The van der Waals surface area contributed by atoms with E-state index >= 15 is 0 Å². The first-order valence-corrected chi connectivity index (χ1v) is 9.81. The average molecular weight is 382 g/mol. The molecule has 0 bridgehead atoms. The Morgan fingerprint density at radius 3 is 2.96 bits per heavy atom. The maximum absolute atomic E-state index is 12.6. The van der Waals surface area contributed by atoms with E-state index < -0.39 is 5.97 Å². The molecule has 1 amide bonds. The molecule has 0 unspecified atom stereocenters. The molecule has 1 aromatic heterocycles. The molecule has 1 heterocycles. The molecule has 1 aliphatic carbocycles. The number of amides is 1. The molecule has 0 saturated heterocycles. The van der Waals surface area contributed by atoms with Crippen LogP contribution in [0, 0.1) is 12.3 Å². The highest BCUT2D eigenvalue weighted by atomic mass is 32.1. The Morgan fingerprint density at radius 2 is 2.19 bits per heavy atom. The first-order valence-electron chi connectivity index (χ1n) is 8.93. The van der Waals surface area contributed by atoms with Crippen LogP contribution in [0.1, 0.15) is 40.9 Å². The number of hydrogen-bond donors (Lipinski definition) is 1. The Balaban J connectivity index is 1.70. The maximum Gasteiger partial charge on any atom is 0.341 e. The third-order valence-corrected chi connectivity index (χ3v) is 5.43. The van der Waals surface area contributed by atoms with E-state index in [4.69, 9.17) is 11.2 Å². The number of nitrogens with one attached hydrogen (secondary N) is 1. The number of benzene rings is 1. The van der Waals surface area contributed by atoms with Gasteiger partial charge in [-0.25, -0.2) is 4.79 Å². The quantitative estimate of drug-likeness (QED) is 0.588. The summed E-state index contributed by atoms with van der Waals surface area (Å²) in [7, 11) is 0. The van der Waals surface area contributed by atoms with E-state index in [0.29, 0.717) is 23.7 Å². The van der Waals surface area contributed by atoms with Crippen molar-refractivity contribution in [3.05, 3.63) is 52.4 Å². The van der Waals surface area contributed by atoms with Gasteiger partial charge in [0.25, 0.3) is 0 Å². The van der Waals surface area contributed by atoms with Crippen molar-refractivity contribution in [3.8, 4) is 12.3 Å². The number of anilines is 1. The lowest BCUT2D eigenvalue weighted by Crippen LogP contribution is -2.36. The fourth-order valence-electron chi connectivity index (χ4n) is 3.43. The van der Waals surface area contributed by atoms with Crippen LogP contribution in [0.2, 0.25) is 0 Å². The minimum atomic E-state index is -0.431. The topological polar surface area (TPSA) is 58.6 Å². The van der Waals surface area contributed by atoms with Gasteiger partial charge in [-0.3, -0.25) is 9.69 Å². The summed E-state index contributed by atoms with van der Waals surface area (Å²) in [5.74, 6) is 2.04. The lowest BCUT2D eigenvalue weighted by molar-refractivity contribution is -0.117. The van der Waals surface area contributed by atoms with Gasteiger partial charge in [0.15, 0.2) is 0 Å². The summed E-state index contributed by atoms with van der Waals surface area (Å²) < 4.78 is 5.03. The molecular weight excluding hydrogens is 360 g/mol. The van der Waals surface area contributed by atoms with Crippen molar-refractivity contribution < 1.29 is 14.3 Å². The second-order valence-corrected chi connectivity index (χ2v) is 7.21. The molecule has 0 saturated carbocycles. The van der Waals surface area contributed by atoms with Crippen LogP contribution < -0.4 is 5.32 Å². The molecule has 0 radical (unpaired) electrons. The number of fused-ring (bicyclic) bond motifs is 1. The minimum Gasteiger partial charge on any atom is -0.462 e. The van der Waals surface area contributed by atoms with E-state index in [1.165, 1.54) is 22.5 Å². The first-order chi connectivity index (χ1) is 13.1. The Labute approximate surface area is 163 Å². The zero-order chi connectivity index (χ0) is 19.2. The van der Waals surface area contributed by atoms with Crippen molar-refractivity contribution in [2.24, 2.45) is 0 Å². The van der Waals surface area contributed by atoms with Gasteiger partial charge in [0, 0.05) is 6.04 Å². The van der Waals surface area contributed by atoms with Crippen LogP contribution in [0.15, 0.2) is 35.7 Å². The van der Waals surface area contributed by atoms with Gasteiger partial charge in [-0.15, -0.1) is 17.8 Å². The third-order valence-electron chi connectivity index (χ3n) is 4.60. The standard InChI is InChI=1S/C21H22N2O3S/c1-3-12-23(18-10-9-15-7-5-6-8-16(15)18)14-19(24)22-20-17(11-13-27-20)21(25)26-4-2/h1,5-8,11,13,18H,4,9-10,12,14H2,2H3,(H,22,24)/t18-/m0/s1. The summed E-state index contributed by atoms with van der Waals surface area (Å²) in [6, 6.07) is 10.1. The number of esters is 1. The first kappa shape index (κ1) is 19.2. The number of terminal acetylenes is 1. The van der Waals surface area contributed by atoms with Crippen LogP contribution >= 0.6 is 11.3 Å². The van der Waals surface area contributed by atoms with Crippen LogP contribution in [0.4, 0.5) is 5.00 Å².